The number of hydrogen-bond acceptors (Lipinski definition) is 5. The summed E-state index contributed by atoms with van der Waals surface area (Å²) in [7, 11) is 0. The summed E-state index contributed by atoms with van der Waals surface area (Å²) in [6, 6.07) is 2.09. The topological polar surface area (TPSA) is 73.1 Å². The fraction of sp³-hybridized carbons (Fsp3) is 0.714. The lowest BCUT2D eigenvalue weighted by Crippen LogP contribution is -2.45. The third kappa shape index (κ3) is 3.15. The van der Waals surface area contributed by atoms with Crippen LogP contribution in [-0.4, -0.2) is 28.2 Å². The van der Waals surface area contributed by atoms with Crippen LogP contribution in [0.15, 0.2) is 6.07 Å². The number of nitrogens with one attached hydrogen (secondary N) is 1. The van der Waals surface area contributed by atoms with Crippen LogP contribution in [0.4, 0.5) is 11.8 Å². The Morgan fingerprint density at radius 1 is 1.30 bits per heavy atom. The summed E-state index contributed by atoms with van der Waals surface area (Å²) in [6.45, 7) is 0.811. The van der Waals surface area contributed by atoms with E-state index in [9.17, 15) is 0 Å². The minimum absolute atomic E-state index is 0.0799. The first-order chi connectivity index (χ1) is 9.65. The molecule has 1 spiro atoms. The third-order valence-electron chi connectivity index (χ3n) is 4.32. The summed E-state index contributed by atoms with van der Waals surface area (Å²) in [5, 5.41) is 3.81. The van der Waals surface area contributed by atoms with Gasteiger partial charge in [-0.3, -0.25) is 0 Å². The molecule has 2 fully saturated rings. The lowest BCUT2D eigenvalue weighted by Gasteiger charge is -2.43. The Hall–Kier alpha value is -1.07. The Balaban J connectivity index is 1.67. The van der Waals surface area contributed by atoms with Crippen molar-refractivity contribution in [3.05, 3.63) is 11.2 Å². The molecule has 1 aliphatic heterocycles. The molecule has 0 amide bonds. The van der Waals surface area contributed by atoms with E-state index in [0.29, 0.717) is 17.0 Å². The molecule has 3 rings (SSSR count). The first-order valence-corrected chi connectivity index (χ1v) is 7.74. The highest BCUT2D eigenvalue weighted by molar-refractivity contribution is 6.29. The summed E-state index contributed by atoms with van der Waals surface area (Å²) in [5.41, 5.74) is 5.71. The molecule has 3 N–H and O–H groups in total. The van der Waals surface area contributed by atoms with E-state index in [4.69, 9.17) is 22.1 Å². The van der Waals surface area contributed by atoms with E-state index >= 15 is 0 Å². The second-order valence-electron chi connectivity index (χ2n) is 5.86. The molecule has 1 aliphatic carbocycles. The van der Waals surface area contributed by atoms with E-state index in [-0.39, 0.29) is 11.5 Å². The van der Waals surface area contributed by atoms with Crippen molar-refractivity contribution in [3.63, 3.8) is 0 Å². The maximum atomic E-state index is 6.10. The van der Waals surface area contributed by atoms with Gasteiger partial charge in [0.05, 0.1) is 5.60 Å². The Labute approximate surface area is 124 Å². The zero-order chi connectivity index (χ0) is 14.0. The van der Waals surface area contributed by atoms with Crippen LogP contribution in [0, 0.1) is 0 Å². The molecule has 1 aromatic rings. The molecular formula is C14H21ClN4O. The molecule has 1 atom stereocenters. The van der Waals surface area contributed by atoms with E-state index in [2.05, 4.69) is 15.3 Å². The number of nitrogens with two attached hydrogens (primary N) is 1. The van der Waals surface area contributed by atoms with Gasteiger partial charge in [-0.05, 0) is 25.7 Å². The van der Waals surface area contributed by atoms with Crippen molar-refractivity contribution in [2.75, 3.05) is 17.7 Å². The molecule has 5 nitrogen and oxygen atoms in total. The van der Waals surface area contributed by atoms with Crippen LogP contribution in [0.1, 0.15) is 44.9 Å². The van der Waals surface area contributed by atoms with Gasteiger partial charge in [-0.15, -0.1) is 0 Å². The lowest BCUT2D eigenvalue weighted by atomic mass is 9.78. The van der Waals surface area contributed by atoms with E-state index in [0.717, 1.165) is 19.4 Å². The van der Waals surface area contributed by atoms with Gasteiger partial charge in [-0.25, -0.2) is 4.98 Å². The highest BCUT2D eigenvalue weighted by atomic mass is 35.5. The number of hydrogen-bond donors (Lipinski definition) is 2. The molecule has 2 aliphatic rings. The fourth-order valence-electron chi connectivity index (χ4n) is 3.41. The first-order valence-electron chi connectivity index (χ1n) is 7.36. The summed E-state index contributed by atoms with van der Waals surface area (Å²) in [4.78, 5) is 8.07. The molecule has 1 unspecified atom stereocenters. The van der Waals surface area contributed by atoms with Crippen LogP contribution in [0.3, 0.4) is 0 Å². The monoisotopic (exact) mass is 296 g/mol. The predicted octanol–water partition coefficient (Wildman–Crippen LogP) is 3.01. The maximum Gasteiger partial charge on any atom is 0.223 e. The minimum Gasteiger partial charge on any atom is -0.375 e. The Bertz CT molecular complexity index is 450. The first kappa shape index (κ1) is 13.9. The number of nitrogen functional groups attached to an aromatic ring is 1. The number of ether oxygens (including phenoxy) is 1. The largest absolute Gasteiger partial charge is 0.375 e. The Morgan fingerprint density at radius 2 is 2.10 bits per heavy atom. The number of anilines is 2. The van der Waals surface area contributed by atoms with Crippen molar-refractivity contribution in [1.29, 1.82) is 0 Å². The zero-order valence-electron chi connectivity index (χ0n) is 11.6. The average Bonchev–Trinajstić information content (AvgIpc) is 2.38. The molecule has 1 saturated carbocycles. The molecule has 0 radical (unpaired) electrons. The normalized spacial score (nSPS) is 25.6. The van der Waals surface area contributed by atoms with Gasteiger partial charge in [-0.1, -0.05) is 30.9 Å². The molecule has 0 aromatic carbocycles. The highest BCUT2D eigenvalue weighted by Crippen LogP contribution is 2.39. The van der Waals surface area contributed by atoms with E-state index in [1.165, 1.54) is 32.1 Å². The molecule has 0 bridgehead atoms. The standard InChI is InChI=1S/C14H21ClN4O/c15-11-8-12(19-13(16)18-11)17-10-4-7-20-14(9-10)5-2-1-3-6-14/h8,10H,1-7,9H2,(H3,16,17,18,19). The summed E-state index contributed by atoms with van der Waals surface area (Å²) >= 11 is 5.91. The van der Waals surface area contributed by atoms with E-state index in [1.807, 2.05) is 0 Å². The van der Waals surface area contributed by atoms with Gasteiger partial charge in [0.2, 0.25) is 5.95 Å². The molecule has 20 heavy (non-hydrogen) atoms. The third-order valence-corrected chi connectivity index (χ3v) is 4.52. The summed E-state index contributed by atoms with van der Waals surface area (Å²) in [5.74, 6) is 0.916. The van der Waals surface area contributed by atoms with Crippen molar-refractivity contribution < 1.29 is 4.74 Å². The van der Waals surface area contributed by atoms with Crippen LogP contribution in [0.2, 0.25) is 5.15 Å². The molecular weight excluding hydrogens is 276 g/mol. The van der Waals surface area contributed by atoms with Crippen molar-refractivity contribution in [2.45, 2.75) is 56.6 Å². The highest BCUT2D eigenvalue weighted by Gasteiger charge is 2.38. The van der Waals surface area contributed by atoms with Gasteiger partial charge in [0.25, 0.3) is 0 Å². The maximum absolute atomic E-state index is 6.10. The summed E-state index contributed by atoms with van der Waals surface area (Å²) < 4.78 is 6.10. The van der Waals surface area contributed by atoms with Crippen molar-refractivity contribution in [2.24, 2.45) is 0 Å². The number of nitrogens with zero attached hydrogens (tertiary/aromatic N) is 2. The van der Waals surface area contributed by atoms with Gasteiger partial charge >= 0.3 is 0 Å². The zero-order valence-corrected chi connectivity index (χ0v) is 12.3. The fourth-order valence-corrected chi connectivity index (χ4v) is 3.60. The Kier molecular flexibility index (Phi) is 3.98. The van der Waals surface area contributed by atoms with E-state index < -0.39 is 0 Å². The van der Waals surface area contributed by atoms with Gasteiger partial charge in [0.1, 0.15) is 11.0 Å². The summed E-state index contributed by atoms with van der Waals surface area (Å²) in [6.07, 6.45) is 8.27. The molecule has 6 heteroatoms. The van der Waals surface area contributed by atoms with Crippen molar-refractivity contribution >= 4 is 23.4 Å². The van der Waals surface area contributed by atoms with Crippen LogP contribution < -0.4 is 11.1 Å². The van der Waals surface area contributed by atoms with Gasteiger partial charge in [0.15, 0.2) is 0 Å². The second kappa shape index (κ2) is 5.74. The van der Waals surface area contributed by atoms with Crippen molar-refractivity contribution in [3.8, 4) is 0 Å². The molecule has 1 aromatic heterocycles. The average molecular weight is 297 g/mol. The molecule has 1 saturated heterocycles. The van der Waals surface area contributed by atoms with Gasteiger partial charge < -0.3 is 15.8 Å². The number of rotatable bonds is 2. The van der Waals surface area contributed by atoms with Gasteiger partial charge in [0, 0.05) is 18.7 Å². The SMILES string of the molecule is Nc1nc(Cl)cc(NC2CCOC3(CCCCC3)C2)n1. The van der Waals surface area contributed by atoms with Gasteiger partial charge in [-0.2, -0.15) is 4.98 Å². The minimum atomic E-state index is 0.0799. The number of aromatic nitrogens is 2. The smallest absolute Gasteiger partial charge is 0.223 e. The van der Waals surface area contributed by atoms with Crippen LogP contribution in [-0.2, 0) is 4.74 Å². The van der Waals surface area contributed by atoms with Crippen LogP contribution in [0.5, 0.6) is 0 Å². The molecule has 110 valence electrons. The molecule has 2 heterocycles. The van der Waals surface area contributed by atoms with Crippen LogP contribution in [0.25, 0.3) is 0 Å². The predicted molar refractivity (Wildman–Crippen MR) is 79.9 cm³/mol. The van der Waals surface area contributed by atoms with E-state index in [1.54, 1.807) is 6.07 Å². The quantitative estimate of drug-likeness (QED) is 0.821. The van der Waals surface area contributed by atoms with Crippen LogP contribution >= 0.6 is 11.6 Å². The lowest BCUT2D eigenvalue weighted by molar-refractivity contribution is -0.103. The Morgan fingerprint density at radius 3 is 2.85 bits per heavy atom. The second-order valence-corrected chi connectivity index (χ2v) is 6.25. The van der Waals surface area contributed by atoms with Crippen molar-refractivity contribution in [1.82, 2.24) is 9.97 Å². The number of halogens is 1.